The average molecular weight is 406 g/mol. The molecule has 0 unspecified atom stereocenters. The van der Waals surface area contributed by atoms with Gasteiger partial charge in [0.25, 0.3) is 0 Å². The van der Waals surface area contributed by atoms with Gasteiger partial charge in [0.1, 0.15) is 5.75 Å². The Bertz CT molecular complexity index is 593. The lowest BCUT2D eigenvalue weighted by molar-refractivity contribution is -0.138. The molecule has 0 atom stereocenters. The molecular formula is C15H18BrClN2O4. The molecule has 6 nitrogen and oxygen atoms in total. The SMILES string of the molecule is NC(=O)CC1(NC(=O)CCCOc2ccc(Br)cc2Cl)COC1. The van der Waals surface area contributed by atoms with Crippen LogP contribution in [0, 0.1) is 0 Å². The number of hydrogen-bond donors (Lipinski definition) is 2. The molecule has 8 heteroatoms. The lowest BCUT2D eigenvalue weighted by Gasteiger charge is -2.41. The number of nitrogens with two attached hydrogens (primary N) is 1. The van der Waals surface area contributed by atoms with Crippen LogP contribution in [0.4, 0.5) is 0 Å². The van der Waals surface area contributed by atoms with Gasteiger partial charge in [0.05, 0.1) is 36.8 Å². The van der Waals surface area contributed by atoms with Gasteiger partial charge in [-0.2, -0.15) is 0 Å². The first-order valence-electron chi connectivity index (χ1n) is 7.15. The Kier molecular flexibility index (Phi) is 6.26. The van der Waals surface area contributed by atoms with Crippen LogP contribution in [0.25, 0.3) is 0 Å². The van der Waals surface area contributed by atoms with E-state index in [-0.39, 0.29) is 18.7 Å². The van der Waals surface area contributed by atoms with Crippen LogP contribution in [0.2, 0.25) is 5.02 Å². The molecule has 126 valence electrons. The van der Waals surface area contributed by atoms with E-state index in [1.165, 1.54) is 0 Å². The van der Waals surface area contributed by atoms with Crippen molar-refractivity contribution in [3.8, 4) is 5.75 Å². The molecule has 3 N–H and O–H groups in total. The largest absolute Gasteiger partial charge is 0.492 e. The van der Waals surface area contributed by atoms with Gasteiger partial charge in [-0.25, -0.2) is 0 Å². The lowest BCUT2D eigenvalue weighted by Crippen LogP contribution is -2.63. The Hall–Kier alpha value is -1.31. The van der Waals surface area contributed by atoms with E-state index in [2.05, 4.69) is 21.2 Å². The summed E-state index contributed by atoms with van der Waals surface area (Å²) in [5.41, 5.74) is 4.55. The van der Waals surface area contributed by atoms with Crippen molar-refractivity contribution < 1.29 is 19.1 Å². The van der Waals surface area contributed by atoms with Crippen LogP contribution in [0.1, 0.15) is 19.3 Å². The highest BCUT2D eigenvalue weighted by Crippen LogP contribution is 2.27. The highest BCUT2D eigenvalue weighted by Gasteiger charge is 2.41. The molecule has 1 heterocycles. The molecule has 0 aromatic heterocycles. The van der Waals surface area contributed by atoms with Crippen molar-refractivity contribution in [1.29, 1.82) is 0 Å². The first-order chi connectivity index (χ1) is 10.9. The quantitative estimate of drug-likeness (QED) is 0.647. The second kappa shape index (κ2) is 7.99. The van der Waals surface area contributed by atoms with Crippen LogP contribution in [-0.4, -0.2) is 37.2 Å². The van der Waals surface area contributed by atoms with E-state index in [9.17, 15) is 9.59 Å². The fourth-order valence-corrected chi connectivity index (χ4v) is 2.99. The topological polar surface area (TPSA) is 90.7 Å². The van der Waals surface area contributed by atoms with Gasteiger partial charge in [-0.1, -0.05) is 27.5 Å². The minimum Gasteiger partial charge on any atom is -0.492 e. The highest BCUT2D eigenvalue weighted by atomic mass is 79.9. The molecule has 0 saturated carbocycles. The normalized spacial score (nSPS) is 15.6. The van der Waals surface area contributed by atoms with Crippen molar-refractivity contribution in [2.24, 2.45) is 5.73 Å². The van der Waals surface area contributed by atoms with Gasteiger partial charge in [-0.3, -0.25) is 9.59 Å². The summed E-state index contributed by atoms with van der Waals surface area (Å²) in [6, 6.07) is 5.34. The van der Waals surface area contributed by atoms with E-state index in [4.69, 9.17) is 26.8 Å². The summed E-state index contributed by atoms with van der Waals surface area (Å²) >= 11 is 9.36. The Labute approximate surface area is 147 Å². The number of carbonyl (C=O) groups excluding carboxylic acids is 2. The van der Waals surface area contributed by atoms with Crippen LogP contribution in [0.3, 0.4) is 0 Å². The molecule has 1 aromatic carbocycles. The minimum absolute atomic E-state index is 0.0870. The Balaban J connectivity index is 1.71. The van der Waals surface area contributed by atoms with Gasteiger partial charge >= 0.3 is 0 Å². The summed E-state index contributed by atoms with van der Waals surface area (Å²) in [6.45, 7) is 0.994. The van der Waals surface area contributed by atoms with E-state index in [0.717, 1.165) is 4.47 Å². The lowest BCUT2D eigenvalue weighted by atomic mass is 9.92. The minimum atomic E-state index is -0.640. The predicted molar refractivity (Wildman–Crippen MR) is 89.4 cm³/mol. The molecule has 1 aromatic rings. The second-order valence-corrected chi connectivity index (χ2v) is 6.81. The molecule has 23 heavy (non-hydrogen) atoms. The molecule has 1 aliphatic heterocycles. The van der Waals surface area contributed by atoms with Crippen LogP contribution in [0.15, 0.2) is 22.7 Å². The number of halogens is 2. The summed E-state index contributed by atoms with van der Waals surface area (Å²) in [5, 5.41) is 3.34. The maximum absolute atomic E-state index is 11.9. The zero-order valence-corrected chi connectivity index (χ0v) is 14.8. The van der Waals surface area contributed by atoms with Crippen molar-refractivity contribution in [1.82, 2.24) is 5.32 Å². The van der Waals surface area contributed by atoms with Gasteiger partial charge in [0.15, 0.2) is 0 Å². The summed E-state index contributed by atoms with van der Waals surface area (Å²) in [4.78, 5) is 23.0. The van der Waals surface area contributed by atoms with Crippen molar-refractivity contribution >= 4 is 39.3 Å². The van der Waals surface area contributed by atoms with E-state index < -0.39 is 11.4 Å². The number of primary amides is 1. The average Bonchev–Trinajstić information content (AvgIpc) is 2.42. The monoisotopic (exact) mass is 404 g/mol. The van der Waals surface area contributed by atoms with Gasteiger partial charge in [-0.05, 0) is 24.6 Å². The Morgan fingerprint density at radius 3 is 2.74 bits per heavy atom. The van der Waals surface area contributed by atoms with Crippen molar-refractivity contribution in [3.63, 3.8) is 0 Å². The molecule has 1 fully saturated rings. The Morgan fingerprint density at radius 1 is 1.43 bits per heavy atom. The third kappa shape index (κ3) is 5.37. The third-order valence-electron chi connectivity index (χ3n) is 3.37. The molecular weight excluding hydrogens is 388 g/mol. The van der Waals surface area contributed by atoms with Crippen LogP contribution in [0.5, 0.6) is 5.75 Å². The summed E-state index contributed by atoms with van der Waals surface area (Å²) in [6.07, 6.45) is 0.907. The molecule has 0 bridgehead atoms. The van der Waals surface area contributed by atoms with Crippen molar-refractivity contribution in [2.45, 2.75) is 24.8 Å². The first-order valence-corrected chi connectivity index (χ1v) is 8.32. The number of hydrogen-bond acceptors (Lipinski definition) is 4. The zero-order valence-electron chi connectivity index (χ0n) is 12.4. The third-order valence-corrected chi connectivity index (χ3v) is 4.16. The smallest absolute Gasteiger partial charge is 0.220 e. The van der Waals surface area contributed by atoms with Crippen molar-refractivity contribution in [2.75, 3.05) is 19.8 Å². The maximum Gasteiger partial charge on any atom is 0.220 e. The fraction of sp³-hybridized carbons (Fsp3) is 0.467. The first kappa shape index (κ1) is 18.0. The second-order valence-electron chi connectivity index (χ2n) is 5.49. The number of rotatable bonds is 8. The molecule has 2 amide bonds. The van der Waals surface area contributed by atoms with Crippen LogP contribution in [-0.2, 0) is 14.3 Å². The predicted octanol–water partition coefficient (Wildman–Crippen LogP) is 2.02. The van der Waals surface area contributed by atoms with E-state index in [0.29, 0.717) is 37.0 Å². The number of carbonyl (C=O) groups is 2. The molecule has 0 radical (unpaired) electrons. The molecule has 1 saturated heterocycles. The van der Waals surface area contributed by atoms with Gasteiger partial charge in [-0.15, -0.1) is 0 Å². The molecule has 0 aliphatic carbocycles. The fourth-order valence-electron chi connectivity index (χ4n) is 2.27. The van der Waals surface area contributed by atoms with E-state index in [1.54, 1.807) is 12.1 Å². The van der Waals surface area contributed by atoms with Gasteiger partial charge in [0, 0.05) is 10.9 Å². The molecule has 1 aliphatic rings. The van der Waals surface area contributed by atoms with Gasteiger partial charge in [0.2, 0.25) is 11.8 Å². The van der Waals surface area contributed by atoms with E-state index >= 15 is 0 Å². The summed E-state index contributed by atoms with van der Waals surface area (Å²) in [7, 11) is 0. The number of nitrogens with one attached hydrogen (secondary N) is 1. The number of amides is 2. The van der Waals surface area contributed by atoms with E-state index in [1.807, 2.05) is 6.07 Å². The van der Waals surface area contributed by atoms with Crippen LogP contribution < -0.4 is 15.8 Å². The Morgan fingerprint density at radius 2 is 2.17 bits per heavy atom. The molecule has 2 rings (SSSR count). The summed E-state index contributed by atoms with van der Waals surface area (Å²) in [5.74, 6) is -0.0327. The van der Waals surface area contributed by atoms with Crippen molar-refractivity contribution in [3.05, 3.63) is 27.7 Å². The standard InChI is InChI=1S/C15H18BrClN2O4/c16-10-3-4-12(11(17)6-10)23-5-1-2-14(21)19-15(7-13(18)20)8-22-9-15/h3-4,6H,1-2,5,7-9H2,(H2,18,20)(H,19,21). The maximum atomic E-state index is 11.9. The highest BCUT2D eigenvalue weighted by molar-refractivity contribution is 9.10. The van der Waals surface area contributed by atoms with Gasteiger partial charge < -0.3 is 20.5 Å². The molecule has 0 spiro atoms. The zero-order chi connectivity index (χ0) is 16.9. The summed E-state index contributed by atoms with van der Waals surface area (Å²) < 4.78 is 11.5. The number of ether oxygens (including phenoxy) is 2. The number of benzene rings is 1. The van der Waals surface area contributed by atoms with Crippen LogP contribution >= 0.6 is 27.5 Å².